The summed E-state index contributed by atoms with van der Waals surface area (Å²) in [5.74, 6) is -0.432. The maximum absolute atomic E-state index is 13.8. The monoisotopic (exact) mass is 465 g/mol. The quantitative estimate of drug-likeness (QED) is 0.710. The van der Waals surface area contributed by atoms with Gasteiger partial charge in [-0.1, -0.05) is 22.0 Å². The number of hydrogen-bond acceptors (Lipinski definition) is 3. The maximum Gasteiger partial charge on any atom is 0.242 e. The highest BCUT2D eigenvalue weighted by Gasteiger charge is 2.22. The molecular formula is C15H14Br2FNO3S. The van der Waals surface area contributed by atoms with E-state index in [0.717, 1.165) is 0 Å². The van der Waals surface area contributed by atoms with Crippen LogP contribution in [0.4, 0.5) is 4.39 Å². The number of benzene rings is 2. The minimum atomic E-state index is -3.77. The molecule has 0 amide bonds. The molecule has 0 aliphatic rings. The average molecular weight is 467 g/mol. The first-order chi connectivity index (χ1) is 10.7. The van der Waals surface area contributed by atoms with Crippen LogP contribution in [0.2, 0.25) is 0 Å². The fourth-order valence-corrected chi connectivity index (χ4v) is 4.73. The molecule has 2 aromatic rings. The van der Waals surface area contributed by atoms with E-state index in [4.69, 9.17) is 4.74 Å². The Morgan fingerprint density at radius 3 is 2.48 bits per heavy atom. The van der Waals surface area contributed by atoms with Gasteiger partial charge in [0.2, 0.25) is 10.0 Å². The minimum absolute atomic E-state index is 0.104. The van der Waals surface area contributed by atoms with Gasteiger partial charge in [0.1, 0.15) is 0 Å². The van der Waals surface area contributed by atoms with Crippen LogP contribution in [0.1, 0.15) is 18.5 Å². The largest absolute Gasteiger partial charge is 0.494 e. The summed E-state index contributed by atoms with van der Waals surface area (Å²) in [7, 11) is -2.40. The molecule has 0 fully saturated rings. The number of halogens is 3. The second kappa shape index (κ2) is 7.29. The van der Waals surface area contributed by atoms with Crippen LogP contribution in [0.3, 0.4) is 0 Å². The van der Waals surface area contributed by atoms with Crippen LogP contribution in [0.5, 0.6) is 5.75 Å². The van der Waals surface area contributed by atoms with E-state index in [9.17, 15) is 12.8 Å². The van der Waals surface area contributed by atoms with E-state index in [-0.39, 0.29) is 10.6 Å². The molecule has 124 valence electrons. The minimum Gasteiger partial charge on any atom is -0.494 e. The summed E-state index contributed by atoms with van der Waals surface area (Å²) in [4.78, 5) is 0.104. The summed E-state index contributed by atoms with van der Waals surface area (Å²) in [6.07, 6.45) is 0. The van der Waals surface area contributed by atoms with Crippen molar-refractivity contribution in [2.24, 2.45) is 0 Å². The van der Waals surface area contributed by atoms with Crippen molar-refractivity contribution >= 4 is 41.9 Å². The molecule has 0 radical (unpaired) electrons. The Balaban J connectivity index is 2.29. The molecule has 1 N–H and O–H groups in total. The summed E-state index contributed by atoms with van der Waals surface area (Å²) >= 11 is 6.48. The van der Waals surface area contributed by atoms with E-state index >= 15 is 0 Å². The second-order valence-corrected chi connectivity index (χ2v) is 8.26. The van der Waals surface area contributed by atoms with Crippen LogP contribution in [0, 0.1) is 5.82 Å². The first-order valence-corrected chi connectivity index (χ1v) is 9.62. The van der Waals surface area contributed by atoms with Crippen molar-refractivity contribution in [1.82, 2.24) is 4.72 Å². The lowest BCUT2D eigenvalue weighted by molar-refractivity contribution is 0.386. The van der Waals surface area contributed by atoms with Crippen molar-refractivity contribution in [2.45, 2.75) is 17.9 Å². The van der Waals surface area contributed by atoms with Crippen molar-refractivity contribution in [1.29, 1.82) is 0 Å². The Bertz CT molecular complexity index is 827. The van der Waals surface area contributed by atoms with E-state index in [1.165, 1.54) is 25.3 Å². The highest BCUT2D eigenvalue weighted by atomic mass is 79.9. The van der Waals surface area contributed by atoms with Crippen molar-refractivity contribution in [3.8, 4) is 5.75 Å². The molecule has 0 heterocycles. The van der Waals surface area contributed by atoms with Gasteiger partial charge in [-0.05, 0) is 58.7 Å². The van der Waals surface area contributed by atoms with Gasteiger partial charge in [-0.3, -0.25) is 0 Å². The van der Waals surface area contributed by atoms with Gasteiger partial charge in [-0.25, -0.2) is 17.5 Å². The molecule has 0 aliphatic carbocycles. The molecule has 23 heavy (non-hydrogen) atoms. The van der Waals surface area contributed by atoms with E-state index in [2.05, 4.69) is 36.6 Å². The van der Waals surface area contributed by atoms with Gasteiger partial charge in [-0.2, -0.15) is 0 Å². The molecule has 2 rings (SSSR count). The normalized spacial score (nSPS) is 12.9. The number of nitrogens with one attached hydrogen (secondary N) is 1. The summed E-state index contributed by atoms with van der Waals surface area (Å²) in [6.45, 7) is 1.64. The lowest BCUT2D eigenvalue weighted by atomic mass is 10.1. The van der Waals surface area contributed by atoms with Gasteiger partial charge in [-0.15, -0.1) is 0 Å². The lowest BCUT2D eigenvalue weighted by Crippen LogP contribution is -2.27. The molecule has 0 unspecified atom stereocenters. The number of sulfonamides is 1. The zero-order chi connectivity index (χ0) is 17.2. The topological polar surface area (TPSA) is 55.4 Å². The Hall–Kier alpha value is -0.960. The van der Waals surface area contributed by atoms with Gasteiger partial charge in [0.05, 0.1) is 12.0 Å². The third-order valence-electron chi connectivity index (χ3n) is 3.19. The third kappa shape index (κ3) is 4.32. The van der Waals surface area contributed by atoms with E-state index in [1.807, 2.05) is 0 Å². The molecule has 0 bridgehead atoms. The highest BCUT2D eigenvalue weighted by Crippen LogP contribution is 2.28. The van der Waals surface area contributed by atoms with Crippen molar-refractivity contribution in [3.05, 3.63) is 56.7 Å². The summed E-state index contributed by atoms with van der Waals surface area (Å²) < 4.78 is 47.3. The summed E-state index contributed by atoms with van der Waals surface area (Å²) in [5, 5.41) is 0. The Morgan fingerprint density at radius 2 is 1.87 bits per heavy atom. The van der Waals surface area contributed by atoms with Crippen LogP contribution in [0.15, 0.2) is 50.2 Å². The van der Waals surface area contributed by atoms with Crippen molar-refractivity contribution in [2.75, 3.05) is 7.11 Å². The molecule has 0 saturated carbocycles. The van der Waals surface area contributed by atoms with Crippen LogP contribution in [-0.2, 0) is 10.0 Å². The Labute approximate surface area is 151 Å². The molecule has 1 atom stereocenters. The summed E-state index contributed by atoms with van der Waals surface area (Å²) in [6, 6.07) is 8.58. The average Bonchev–Trinajstić information content (AvgIpc) is 2.49. The van der Waals surface area contributed by atoms with Crippen LogP contribution < -0.4 is 9.46 Å². The van der Waals surface area contributed by atoms with Gasteiger partial charge in [0.25, 0.3) is 0 Å². The highest BCUT2D eigenvalue weighted by molar-refractivity contribution is 9.11. The maximum atomic E-state index is 13.8. The van der Waals surface area contributed by atoms with Crippen molar-refractivity contribution < 1.29 is 17.5 Å². The first kappa shape index (κ1) is 18.4. The molecular weight excluding hydrogens is 453 g/mol. The van der Waals surface area contributed by atoms with Gasteiger partial charge < -0.3 is 4.74 Å². The predicted molar refractivity (Wildman–Crippen MR) is 93.5 cm³/mol. The molecule has 2 aromatic carbocycles. The first-order valence-electron chi connectivity index (χ1n) is 6.55. The van der Waals surface area contributed by atoms with Gasteiger partial charge in [0.15, 0.2) is 11.6 Å². The smallest absolute Gasteiger partial charge is 0.242 e. The molecule has 8 heteroatoms. The van der Waals surface area contributed by atoms with Gasteiger partial charge >= 0.3 is 0 Å². The Kier molecular flexibility index (Phi) is 5.83. The zero-order valence-electron chi connectivity index (χ0n) is 12.3. The predicted octanol–water partition coefficient (Wildman–Crippen LogP) is 4.40. The number of hydrogen-bond donors (Lipinski definition) is 1. The zero-order valence-corrected chi connectivity index (χ0v) is 16.3. The van der Waals surface area contributed by atoms with Crippen LogP contribution in [-0.4, -0.2) is 15.5 Å². The second-order valence-electron chi connectivity index (χ2n) is 4.81. The molecule has 0 aliphatic heterocycles. The number of ether oxygens (including phenoxy) is 1. The fraction of sp³-hybridized carbons (Fsp3) is 0.200. The standard InChI is InChI=1S/C15H14Br2FNO3S/c1-9(10-3-6-14(22-2)13(18)7-10)19-23(20,21)15-8-11(16)4-5-12(15)17/h3-9,19H,1-2H3/t9-/m0/s1. The third-order valence-corrected chi connectivity index (χ3v) is 6.22. The lowest BCUT2D eigenvalue weighted by Gasteiger charge is -2.16. The number of rotatable bonds is 5. The van der Waals surface area contributed by atoms with Crippen molar-refractivity contribution in [3.63, 3.8) is 0 Å². The van der Waals surface area contributed by atoms with Crippen LogP contribution >= 0.6 is 31.9 Å². The molecule has 0 spiro atoms. The summed E-state index contributed by atoms with van der Waals surface area (Å²) in [5.41, 5.74) is 0.498. The van der Waals surface area contributed by atoms with Gasteiger partial charge in [0, 0.05) is 15.0 Å². The molecule has 4 nitrogen and oxygen atoms in total. The van der Waals surface area contributed by atoms with E-state index in [0.29, 0.717) is 14.5 Å². The van der Waals surface area contributed by atoms with E-state index in [1.54, 1.807) is 25.1 Å². The Morgan fingerprint density at radius 1 is 1.17 bits per heavy atom. The molecule has 0 saturated heterocycles. The van der Waals surface area contributed by atoms with E-state index < -0.39 is 21.9 Å². The number of methoxy groups -OCH3 is 1. The van der Waals surface area contributed by atoms with Crippen LogP contribution in [0.25, 0.3) is 0 Å². The SMILES string of the molecule is COc1ccc([C@H](C)NS(=O)(=O)c2cc(Br)ccc2Br)cc1F. The molecule has 0 aromatic heterocycles. The fourth-order valence-electron chi connectivity index (χ4n) is 2.00.